The summed E-state index contributed by atoms with van der Waals surface area (Å²) in [5.74, 6) is -1.23. The van der Waals surface area contributed by atoms with Gasteiger partial charge in [0.2, 0.25) is 11.8 Å². The van der Waals surface area contributed by atoms with Crippen molar-refractivity contribution >= 4 is 23.4 Å². The zero-order valence-corrected chi connectivity index (χ0v) is 22.4. The van der Waals surface area contributed by atoms with E-state index in [4.69, 9.17) is 4.74 Å². The molecule has 2 saturated heterocycles. The Morgan fingerprint density at radius 3 is 2.42 bits per heavy atom. The van der Waals surface area contributed by atoms with E-state index in [0.29, 0.717) is 42.7 Å². The number of amides is 3. The fourth-order valence-corrected chi connectivity index (χ4v) is 6.13. The van der Waals surface area contributed by atoms with Gasteiger partial charge in [-0.3, -0.25) is 24.6 Å². The van der Waals surface area contributed by atoms with Gasteiger partial charge in [-0.2, -0.15) is 0 Å². The van der Waals surface area contributed by atoms with Crippen molar-refractivity contribution < 1.29 is 23.5 Å². The minimum Gasteiger partial charge on any atom is -0.381 e. The summed E-state index contributed by atoms with van der Waals surface area (Å²) < 4.78 is 21.8. The quantitative estimate of drug-likeness (QED) is 0.564. The highest BCUT2D eigenvalue weighted by atomic mass is 19.1. The second kappa shape index (κ2) is 9.78. The number of anilines is 1. The minimum absolute atomic E-state index is 0.205. The van der Waals surface area contributed by atoms with Gasteiger partial charge in [0.25, 0.3) is 5.91 Å². The minimum atomic E-state index is -0.676. The molecular formula is C29H35FN4O4. The topological polar surface area (TPSA) is 91.0 Å². The van der Waals surface area contributed by atoms with Crippen LogP contribution in [0, 0.1) is 5.82 Å². The Morgan fingerprint density at radius 2 is 1.71 bits per heavy atom. The van der Waals surface area contributed by atoms with Gasteiger partial charge in [-0.05, 0) is 46.2 Å². The summed E-state index contributed by atoms with van der Waals surface area (Å²) in [5, 5.41) is 5.64. The number of morpholine rings is 1. The van der Waals surface area contributed by atoms with Crippen molar-refractivity contribution in [1.82, 2.24) is 15.1 Å². The van der Waals surface area contributed by atoms with Crippen molar-refractivity contribution in [2.75, 3.05) is 18.4 Å². The van der Waals surface area contributed by atoms with E-state index in [-0.39, 0.29) is 48.3 Å². The molecule has 0 radical (unpaired) electrons. The summed E-state index contributed by atoms with van der Waals surface area (Å²) in [7, 11) is 0. The molecule has 2 N–H and O–H groups in total. The SMILES string of the molecule is CC1(C)CN(Cc2cccc(CNc3cccc4c3CN(C3CCC(=O)NC3=O)C4=O)c2F)CC(C)(C)O1. The summed E-state index contributed by atoms with van der Waals surface area (Å²) in [6, 6.07) is 10.2. The third-order valence-electron chi connectivity index (χ3n) is 7.37. The number of carbonyl (C=O) groups excluding carboxylic acids is 3. The van der Waals surface area contributed by atoms with Crippen LogP contribution >= 0.6 is 0 Å². The first-order chi connectivity index (χ1) is 17.9. The van der Waals surface area contributed by atoms with E-state index in [1.807, 2.05) is 18.2 Å². The molecule has 8 nitrogen and oxygen atoms in total. The van der Waals surface area contributed by atoms with Crippen molar-refractivity contribution in [2.45, 2.75) is 77.4 Å². The molecule has 3 aliphatic rings. The summed E-state index contributed by atoms with van der Waals surface area (Å²) in [6.07, 6.45) is 0.513. The lowest BCUT2D eigenvalue weighted by Crippen LogP contribution is -2.56. The normalized spacial score (nSPS) is 22.8. The number of carbonyl (C=O) groups is 3. The molecule has 5 rings (SSSR count). The van der Waals surface area contributed by atoms with Crippen molar-refractivity contribution in [3.63, 3.8) is 0 Å². The van der Waals surface area contributed by atoms with Gasteiger partial charge in [-0.25, -0.2) is 4.39 Å². The van der Waals surface area contributed by atoms with Gasteiger partial charge in [-0.1, -0.05) is 24.3 Å². The van der Waals surface area contributed by atoms with Crippen molar-refractivity contribution in [3.8, 4) is 0 Å². The predicted molar refractivity (Wildman–Crippen MR) is 141 cm³/mol. The Hall–Kier alpha value is -3.30. The van der Waals surface area contributed by atoms with Crippen LogP contribution in [0.1, 0.15) is 67.6 Å². The Bertz CT molecular complexity index is 1280. The highest BCUT2D eigenvalue weighted by Crippen LogP contribution is 2.33. The number of imide groups is 1. The van der Waals surface area contributed by atoms with Crippen molar-refractivity contribution in [1.29, 1.82) is 0 Å². The Morgan fingerprint density at radius 1 is 1.03 bits per heavy atom. The molecule has 0 aliphatic carbocycles. The highest BCUT2D eigenvalue weighted by Gasteiger charge is 2.40. The monoisotopic (exact) mass is 522 g/mol. The molecule has 3 aliphatic heterocycles. The molecule has 0 bridgehead atoms. The maximum absolute atomic E-state index is 15.6. The zero-order chi connectivity index (χ0) is 27.2. The number of nitrogens with one attached hydrogen (secondary N) is 2. The van der Waals surface area contributed by atoms with Crippen LogP contribution < -0.4 is 10.6 Å². The number of piperidine rings is 1. The van der Waals surface area contributed by atoms with Gasteiger partial charge in [-0.15, -0.1) is 0 Å². The summed E-state index contributed by atoms with van der Waals surface area (Å²) >= 11 is 0. The van der Waals surface area contributed by atoms with Crippen molar-refractivity contribution in [2.24, 2.45) is 0 Å². The van der Waals surface area contributed by atoms with E-state index < -0.39 is 11.9 Å². The fraction of sp³-hybridized carbons (Fsp3) is 0.483. The molecule has 0 spiro atoms. The highest BCUT2D eigenvalue weighted by molar-refractivity contribution is 6.06. The number of fused-ring (bicyclic) bond motifs is 1. The molecule has 1 unspecified atom stereocenters. The standard InChI is InChI=1S/C29H35FN4O4/c1-28(2)16-33(17-29(3,4)38-28)14-19-8-5-7-18(25(19)30)13-31-22-10-6-9-20-21(22)15-34(27(20)37)23-11-12-24(35)32-26(23)36/h5-10,23,31H,11-17H2,1-4H3,(H,32,35,36). The van der Waals surface area contributed by atoms with Crippen LogP contribution in [0.3, 0.4) is 0 Å². The third-order valence-corrected chi connectivity index (χ3v) is 7.37. The van der Waals surface area contributed by atoms with Crippen LogP contribution in [0.5, 0.6) is 0 Å². The second-order valence-corrected chi connectivity index (χ2v) is 11.7. The molecule has 3 amide bonds. The van der Waals surface area contributed by atoms with Crippen molar-refractivity contribution in [3.05, 3.63) is 64.5 Å². The van der Waals surface area contributed by atoms with Crippen LogP contribution in [-0.4, -0.2) is 57.9 Å². The van der Waals surface area contributed by atoms with E-state index >= 15 is 4.39 Å². The molecule has 9 heteroatoms. The number of benzene rings is 2. The average Bonchev–Trinajstić information content (AvgIpc) is 3.14. The largest absolute Gasteiger partial charge is 0.381 e. The smallest absolute Gasteiger partial charge is 0.255 e. The first kappa shape index (κ1) is 26.3. The van der Waals surface area contributed by atoms with E-state index in [9.17, 15) is 14.4 Å². The molecule has 38 heavy (non-hydrogen) atoms. The predicted octanol–water partition coefficient (Wildman–Crippen LogP) is 3.59. The molecule has 3 heterocycles. The van der Waals surface area contributed by atoms with Gasteiger partial charge in [0.15, 0.2) is 0 Å². The Kier molecular flexibility index (Phi) is 6.77. The van der Waals surface area contributed by atoms with Crippen LogP contribution in [0.4, 0.5) is 10.1 Å². The van der Waals surface area contributed by atoms with Gasteiger partial charge in [0.05, 0.1) is 11.2 Å². The van der Waals surface area contributed by atoms with Crippen LogP contribution in [0.2, 0.25) is 0 Å². The lowest BCUT2D eigenvalue weighted by atomic mass is 9.98. The van der Waals surface area contributed by atoms with E-state index in [2.05, 4.69) is 43.2 Å². The Labute approximate surface area is 222 Å². The summed E-state index contributed by atoms with van der Waals surface area (Å²) in [5.41, 5.74) is 2.57. The lowest BCUT2D eigenvalue weighted by molar-refractivity contribution is -0.182. The number of rotatable bonds is 6. The average molecular weight is 523 g/mol. The van der Waals surface area contributed by atoms with Gasteiger partial charge in [0.1, 0.15) is 11.9 Å². The lowest BCUT2D eigenvalue weighted by Gasteiger charge is -2.47. The summed E-state index contributed by atoms with van der Waals surface area (Å²) in [6.45, 7) is 10.7. The van der Waals surface area contributed by atoms with Crippen LogP contribution in [0.25, 0.3) is 0 Å². The van der Waals surface area contributed by atoms with E-state index in [1.54, 1.807) is 18.2 Å². The number of halogens is 1. The van der Waals surface area contributed by atoms with E-state index in [0.717, 1.165) is 11.3 Å². The molecule has 2 fully saturated rings. The number of hydrogen-bond acceptors (Lipinski definition) is 6. The number of nitrogens with zero attached hydrogens (tertiary/aromatic N) is 2. The van der Waals surface area contributed by atoms with Crippen LogP contribution in [-0.2, 0) is 34.0 Å². The molecular weight excluding hydrogens is 487 g/mol. The van der Waals surface area contributed by atoms with Crippen LogP contribution in [0.15, 0.2) is 36.4 Å². The molecule has 202 valence electrons. The van der Waals surface area contributed by atoms with Gasteiger partial charge >= 0.3 is 0 Å². The number of hydrogen-bond donors (Lipinski definition) is 2. The fourth-order valence-electron chi connectivity index (χ4n) is 6.13. The number of ether oxygens (including phenoxy) is 1. The maximum Gasteiger partial charge on any atom is 0.255 e. The molecule has 0 saturated carbocycles. The van der Waals surface area contributed by atoms with Gasteiger partial charge in [0, 0.05) is 67.1 Å². The molecule has 2 aromatic rings. The Balaban J connectivity index is 1.29. The molecule has 2 aromatic carbocycles. The van der Waals surface area contributed by atoms with Gasteiger partial charge < -0.3 is 15.0 Å². The van der Waals surface area contributed by atoms with E-state index in [1.165, 1.54) is 4.90 Å². The maximum atomic E-state index is 15.6. The second-order valence-electron chi connectivity index (χ2n) is 11.7. The molecule has 0 aromatic heterocycles. The molecule has 1 atom stereocenters. The summed E-state index contributed by atoms with van der Waals surface area (Å²) in [4.78, 5) is 40.8. The zero-order valence-electron chi connectivity index (χ0n) is 22.4. The first-order valence-electron chi connectivity index (χ1n) is 13.1. The first-order valence-corrected chi connectivity index (χ1v) is 13.1. The third kappa shape index (κ3) is 5.31.